The highest BCUT2D eigenvalue weighted by atomic mass is 16.2. The summed E-state index contributed by atoms with van der Waals surface area (Å²) in [4.78, 5) is 25.5. The molecule has 29 heavy (non-hydrogen) atoms. The van der Waals surface area contributed by atoms with Gasteiger partial charge in [-0.25, -0.2) is 4.68 Å². The molecule has 1 unspecified atom stereocenters. The third kappa shape index (κ3) is 3.73. The lowest BCUT2D eigenvalue weighted by Gasteiger charge is -2.25. The summed E-state index contributed by atoms with van der Waals surface area (Å²) in [6.45, 7) is 4.07. The highest BCUT2D eigenvalue weighted by Crippen LogP contribution is 2.30. The van der Waals surface area contributed by atoms with E-state index in [4.69, 9.17) is 0 Å². The third-order valence-corrected chi connectivity index (χ3v) is 5.73. The van der Waals surface area contributed by atoms with Gasteiger partial charge < -0.3 is 5.32 Å². The first kappa shape index (κ1) is 19.1. The van der Waals surface area contributed by atoms with Crippen LogP contribution in [-0.4, -0.2) is 28.0 Å². The van der Waals surface area contributed by atoms with Gasteiger partial charge in [0.2, 0.25) is 0 Å². The number of carbonyl (C=O) groups is 2. The second-order valence-corrected chi connectivity index (χ2v) is 7.62. The van der Waals surface area contributed by atoms with Crippen molar-refractivity contribution < 1.29 is 9.59 Å². The highest BCUT2D eigenvalue weighted by Gasteiger charge is 2.26. The Morgan fingerprint density at radius 3 is 2.59 bits per heavy atom. The molecule has 1 aliphatic carbocycles. The van der Waals surface area contributed by atoms with Crippen LogP contribution in [0.4, 0.5) is 0 Å². The van der Waals surface area contributed by atoms with Crippen molar-refractivity contribution in [3.63, 3.8) is 0 Å². The topological polar surface area (TPSA) is 64.0 Å². The van der Waals surface area contributed by atoms with Gasteiger partial charge in [0.05, 0.1) is 22.6 Å². The van der Waals surface area contributed by atoms with Gasteiger partial charge in [-0.1, -0.05) is 42.5 Å². The molecule has 5 nitrogen and oxygen atoms in total. The van der Waals surface area contributed by atoms with Crippen LogP contribution in [0.3, 0.4) is 0 Å². The molecule has 1 heterocycles. The number of para-hydroxylation sites is 1. The fourth-order valence-electron chi connectivity index (χ4n) is 4.27. The molecule has 1 aliphatic rings. The zero-order valence-electron chi connectivity index (χ0n) is 16.8. The maximum absolute atomic E-state index is 12.9. The van der Waals surface area contributed by atoms with Gasteiger partial charge in [0.25, 0.3) is 11.7 Å². The molecular weight excluding hydrogens is 362 g/mol. The van der Waals surface area contributed by atoms with Crippen molar-refractivity contribution in [3.8, 4) is 5.69 Å². The lowest BCUT2D eigenvalue weighted by molar-refractivity contribution is -0.117. The van der Waals surface area contributed by atoms with Gasteiger partial charge in [0.1, 0.15) is 0 Å². The van der Waals surface area contributed by atoms with Gasteiger partial charge in [0, 0.05) is 12.5 Å². The molecule has 3 aromatic rings. The molecule has 1 atom stereocenters. The second kappa shape index (κ2) is 8.03. The molecule has 0 spiro atoms. The quantitative estimate of drug-likeness (QED) is 0.533. The predicted octanol–water partition coefficient (Wildman–Crippen LogP) is 3.91. The molecule has 0 saturated heterocycles. The Bertz CT molecular complexity index is 1050. The van der Waals surface area contributed by atoms with Gasteiger partial charge >= 0.3 is 0 Å². The fraction of sp³-hybridized carbons (Fsp3) is 0.292. The molecule has 148 valence electrons. The van der Waals surface area contributed by atoms with Crippen LogP contribution in [-0.2, 0) is 11.2 Å². The Labute approximate surface area is 170 Å². The molecule has 4 rings (SSSR count). The minimum atomic E-state index is -0.563. The number of ketones is 1. The standard InChI is InChI=1S/C24H25N3O2/c1-16-22(17(2)27(26-16)20-12-4-3-5-13-20)23(28)24(29)25-15-19-11-8-10-18-9-6-7-14-21(18)19/h3-7,9,12-14,19H,8,10-11,15H2,1-2H3,(H,25,29). The van der Waals surface area contributed by atoms with E-state index in [1.54, 1.807) is 11.6 Å². The number of hydrogen-bond donors (Lipinski definition) is 1. The molecule has 1 N–H and O–H groups in total. The summed E-state index contributed by atoms with van der Waals surface area (Å²) < 4.78 is 1.72. The number of hydrogen-bond acceptors (Lipinski definition) is 3. The van der Waals surface area contributed by atoms with Crippen LogP contribution in [0.1, 0.15) is 51.6 Å². The summed E-state index contributed by atoms with van der Waals surface area (Å²) >= 11 is 0. The van der Waals surface area contributed by atoms with Crippen LogP contribution in [0.25, 0.3) is 5.69 Å². The van der Waals surface area contributed by atoms with E-state index in [1.165, 1.54) is 11.1 Å². The zero-order valence-corrected chi connectivity index (χ0v) is 16.8. The first-order valence-electron chi connectivity index (χ1n) is 10.1. The Morgan fingerprint density at radius 2 is 1.79 bits per heavy atom. The largest absolute Gasteiger partial charge is 0.349 e. The first-order chi connectivity index (χ1) is 14.1. The fourth-order valence-corrected chi connectivity index (χ4v) is 4.27. The summed E-state index contributed by atoms with van der Waals surface area (Å²) in [6.07, 6.45) is 3.21. The van der Waals surface area contributed by atoms with Gasteiger partial charge in [-0.05, 0) is 56.4 Å². The third-order valence-electron chi connectivity index (χ3n) is 5.73. The molecule has 1 amide bonds. The van der Waals surface area contributed by atoms with Crippen molar-refractivity contribution in [2.45, 2.75) is 39.0 Å². The van der Waals surface area contributed by atoms with E-state index in [9.17, 15) is 9.59 Å². The minimum Gasteiger partial charge on any atom is -0.349 e. The highest BCUT2D eigenvalue weighted by molar-refractivity contribution is 6.43. The smallest absolute Gasteiger partial charge is 0.292 e. The number of nitrogens with zero attached hydrogens (tertiary/aromatic N) is 2. The van der Waals surface area contributed by atoms with Gasteiger partial charge in [0.15, 0.2) is 0 Å². The Hall–Kier alpha value is -3.21. The van der Waals surface area contributed by atoms with Gasteiger partial charge in [-0.2, -0.15) is 5.10 Å². The number of amides is 1. The Balaban J connectivity index is 1.50. The molecule has 0 aliphatic heterocycles. The van der Waals surface area contributed by atoms with Crippen molar-refractivity contribution in [1.82, 2.24) is 15.1 Å². The predicted molar refractivity (Wildman–Crippen MR) is 112 cm³/mol. The summed E-state index contributed by atoms with van der Waals surface area (Å²) in [5, 5.41) is 7.35. The molecule has 1 aromatic heterocycles. The van der Waals surface area contributed by atoms with Crippen molar-refractivity contribution in [3.05, 3.63) is 82.7 Å². The van der Waals surface area contributed by atoms with Crippen LogP contribution < -0.4 is 5.32 Å². The number of rotatable bonds is 5. The van der Waals surface area contributed by atoms with E-state index in [2.05, 4.69) is 28.6 Å². The maximum atomic E-state index is 12.9. The number of benzene rings is 2. The van der Waals surface area contributed by atoms with E-state index in [0.717, 1.165) is 24.9 Å². The van der Waals surface area contributed by atoms with Crippen LogP contribution >= 0.6 is 0 Å². The van der Waals surface area contributed by atoms with E-state index < -0.39 is 11.7 Å². The van der Waals surface area contributed by atoms with Gasteiger partial charge in [-0.15, -0.1) is 0 Å². The minimum absolute atomic E-state index is 0.255. The van der Waals surface area contributed by atoms with E-state index in [0.29, 0.717) is 23.5 Å². The monoisotopic (exact) mass is 387 g/mol. The number of fused-ring (bicyclic) bond motifs is 1. The van der Waals surface area contributed by atoms with Crippen LogP contribution in [0.2, 0.25) is 0 Å². The van der Waals surface area contributed by atoms with Crippen molar-refractivity contribution in [2.75, 3.05) is 6.54 Å². The van der Waals surface area contributed by atoms with Crippen LogP contribution in [0.5, 0.6) is 0 Å². The molecule has 0 radical (unpaired) electrons. The number of nitrogens with one attached hydrogen (secondary N) is 1. The summed E-state index contributed by atoms with van der Waals surface area (Å²) in [5.74, 6) is -0.830. The zero-order chi connectivity index (χ0) is 20.4. The molecule has 2 aromatic carbocycles. The van der Waals surface area contributed by atoms with Crippen molar-refractivity contribution in [1.29, 1.82) is 0 Å². The van der Waals surface area contributed by atoms with E-state index in [-0.39, 0.29) is 5.92 Å². The second-order valence-electron chi connectivity index (χ2n) is 7.62. The Morgan fingerprint density at radius 1 is 1.07 bits per heavy atom. The summed E-state index contributed by atoms with van der Waals surface area (Å²) in [7, 11) is 0. The lowest BCUT2D eigenvalue weighted by Crippen LogP contribution is -2.35. The van der Waals surface area contributed by atoms with Gasteiger partial charge in [-0.3, -0.25) is 9.59 Å². The molecule has 0 bridgehead atoms. The first-order valence-corrected chi connectivity index (χ1v) is 10.1. The van der Waals surface area contributed by atoms with E-state index in [1.807, 2.05) is 43.3 Å². The lowest BCUT2D eigenvalue weighted by atomic mass is 9.83. The van der Waals surface area contributed by atoms with Crippen LogP contribution in [0, 0.1) is 13.8 Å². The summed E-state index contributed by atoms with van der Waals surface area (Å²) in [5.41, 5.74) is 5.13. The Kier molecular flexibility index (Phi) is 5.30. The average Bonchev–Trinajstić information content (AvgIpc) is 3.06. The number of Topliss-reactive ketones (excluding diaryl/α,β-unsaturated/α-hetero) is 1. The SMILES string of the molecule is Cc1nn(-c2ccccc2)c(C)c1C(=O)C(=O)NCC1CCCc2ccccc21. The van der Waals surface area contributed by atoms with Crippen LogP contribution in [0.15, 0.2) is 54.6 Å². The number of aryl methyl sites for hydroxylation is 2. The molecular formula is C24H25N3O2. The number of aromatic nitrogens is 2. The van der Waals surface area contributed by atoms with Crippen molar-refractivity contribution >= 4 is 11.7 Å². The molecule has 0 saturated carbocycles. The van der Waals surface area contributed by atoms with E-state index >= 15 is 0 Å². The number of carbonyl (C=O) groups excluding carboxylic acids is 2. The maximum Gasteiger partial charge on any atom is 0.292 e. The molecule has 5 heteroatoms. The molecule has 0 fully saturated rings. The van der Waals surface area contributed by atoms with Crippen molar-refractivity contribution in [2.24, 2.45) is 0 Å². The normalized spacial score (nSPS) is 15.6. The summed E-state index contributed by atoms with van der Waals surface area (Å²) in [6, 6.07) is 18.0. The average molecular weight is 387 g/mol.